The maximum atomic E-state index is 12.9. The van der Waals surface area contributed by atoms with Gasteiger partial charge in [0.15, 0.2) is 0 Å². The molecule has 1 fully saturated rings. The minimum Gasteiger partial charge on any atom is -0.348 e. The molecule has 1 aliphatic carbocycles. The molecule has 0 saturated heterocycles. The molecule has 0 radical (unpaired) electrons. The Kier molecular flexibility index (Phi) is 4.50. The van der Waals surface area contributed by atoms with Gasteiger partial charge in [-0.3, -0.25) is 14.6 Å². The lowest BCUT2D eigenvalue weighted by molar-refractivity contribution is 0.0926. The lowest BCUT2D eigenvalue weighted by Gasteiger charge is -2.40. The van der Waals surface area contributed by atoms with E-state index < -0.39 is 32.6 Å². The summed E-state index contributed by atoms with van der Waals surface area (Å²) in [6.45, 7) is 0. The van der Waals surface area contributed by atoms with Crippen molar-refractivity contribution >= 4 is 22.1 Å². The summed E-state index contributed by atoms with van der Waals surface area (Å²) in [7, 11) is -6.53. The molecule has 0 spiro atoms. The van der Waals surface area contributed by atoms with Crippen LogP contribution >= 0.6 is 10.2 Å². The summed E-state index contributed by atoms with van der Waals surface area (Å²) in [5, 5.41) is 2.65. The number of H-pyrrole nitrogens is 1. The number of rotatable bonds is 6. The lowest BCUT2D eigenvalue weighted by atomic mass is 10.0. The number of carbonyl (C=O) groups excluding carboxylic acids is 1. The molecular weight excluding hydrogens is 419 g/mol. The second-order valence-electron chi connectivity index (χ2n) is 7.18. The van der Waals surface area contributed by atoms with Gasteiger partial charge in [-0.05, 0) is 36.5 Å². The van der Waals surface area contributed by atoms with Gasteiger partial charge in [0, 0.05) is 20.2 Å². The molecule has 1 aromatic carbocycles. The third-order valence-electron chi connectivity index (χ3n) is 4.45. The Morgan fingerprint density at radius 3 is 2.24 bits per heavy atom. The third kappa shape index (κ3) is 5.05. The highest BCUT2D eigenvalue weighted by molar-refractivity contribution is 8.45. The molecule has 160 valence electrons. The SMILES string of the molecule is CN(C)c1nc(C(=O)N[C@@H](c2ccc(S(F)(F)(F)(F)F)cc2)C2CC2)cc(=O)[nH]1. The van der Waals surface area contributed by atoms with Crippen molar-refractivity contribution in [2.75, 3.05) is 19.0 Å². The maximum absolute atomic E-state index is 12.9. The van der Waals surface area contributed by atoms with Crippen LogP contribution < -0.4 is 15.8 Å². The largest absolute Gasteiger partial charge is 0.348 e. The summed E-state index contributed by atoms with van der Waals surface area (Å²) in [5.74, 6) is -0.571. The fourth-order valence-electron chi connectivity index (χ4n) is 2.82. The van der Waals surface area contributed by atoms with Crippen LogP contribution in [0.15, 0.2) is 40.0 Å². The quantitative estimate of drug-likeness (QED) is 0.657. The first-order valence-corrected chi connectivity index (χ1v) is 10.5. The zero-order chi connectivity index (χ0) is 21.7. The topological polar surface area (TPSA) is 78.1 Å². The van der Waals surface area contributed by atoms with Gasteiger partial charge >= 0.3 is 10.2 Å². The minimum absolute atomic E-state index is 0.0416. The average molecular weight is 438 g/mol. The lowest BCUT2D eigenvalue weighted by Crippen LogP contribution is -2.32. The Balaban J connectivity index is 1.87. The molecule has 6 nitrogen and oxygen atoms in total. The van der Waals surface area contributed by atoms with Gasteiger partial charge in [-0.1, -0.05) is 31.6 Å². The number of hydrogen-bond acceptors (Lipinski definition) is 4. The second kappa shape index (κ2) is 6.18. The van der Waals surface area contributed by atoms with Gasteiger partial charge in [0.25, 0.3) is 11.5 Å². The predicted molar refractivity (Wildman–Crippen MR) is 100.0 cm³/mol. The van der Waals surface area contributed by atoms with Crippen molar-refractivity contribution in [1.82, 2.24) is 15.3 Å². The molecule has 12 heteroatoms. The summed E-state index contributed by atoms with van der Waals surface area (Å²) in [4.78, 5) is 30.3. The molecule has 2 N–H and O–H groups in total. The molecule has 1 saturated carbocycles. The molecule has 0 aliphatic heterocycles. The van der Waals surface area contributed by atoms with Crippen molar-refractivity contribution in [3.8, 4) is 0 Å². The van der Waals surface area contributed by atoms with Crippen LogP contribution in [0.3, 0.4) is 0 Å². The molecule has 1 amide bonds. The van der Waals surface area contributed by atoms with Gasteiger partial charge in [-0.25, -0.2) is 4.98 Å². The second-order valence-corrected chi connectivity index (χ2v) is 9.58. The van der Waals surface area contributed by atoms with Crippen LogP contribution in [-0.4, -0.2) is 30.0 Å². The van der Waals surface area contributed by atoms with E-state index in [9.17, 15) is 29.0 Å². The molecule has 1 heterocycles. The number of carbonyl (C=O) groups is 1. The summed E-state index contributed by atoms with van der Waals surface area (Å²) < 4.78 is 64.5. The number of nitrogens with zero attached hydrogens (tertiary/aromatic N) is 2. The first-order chi connectivity index (χ1) is 13.1. The van der Waals surface area contributed by atoms with Gasteiger partial charge in [0.05, 0.1) is 6.04 Å². The van der Waals surface area contributed by atoms with Crippen LogP contribution in [0.25, 0.3) is 0 Å². The number of nitrogens with one attached hydrogen (secondary N) is 2. The number of halogens is 5. The summed E-state index contributed by atoms with van der Waals surface area (Å²) in [6.07, 6.45) is 1.44. The van der Waals surface area contributed by atoms with Crippen molar-refractivity contribution in [2.24, 2.45) is 5.92 Å². The number of benzene rings is 1. The predicted octanol–water partition coefficient (Wildman–Crippen LogP) is 4.37. The van der Waals surface area contributed by atoms with Gasteiger partial charge in [0.1, 0.15) is 10.6 Å². The molecule has 1 aromatic heterocycles. The van der Waals surface area contributed by atoms with E-state index in [0.717, 1.165) is 31.0 Å². The highest BCUT2D eigenvalue weighted by Gasteiger charge is 2.65. The summed E-state index contributed by atoms with van der Waals surface area (Å²) in [5.41, 5.74) is -0.437. The summed E-state index contributed by atoms with van der Waals surface area (Å²) >= 11 is 0. The van der Waals surface area contributed by atoms with Crippen LogP contribution in [0.5, 0.6) is 0 Å². The van der Waals surface area contributed by atoms with E-state index in [1.807, 2.05) is 0 Å². The number of aromatic amines is 1. The van der Waals surface area contributed by atoms with E-state index in [1.165, 1.54) is 4.90 Å². The Hall–Kier alpha value is -2.63. The number of anilines is 1. The Labute approximate surface area is 162 Å². The Bertz CT molecular complexity index is 1000. The van der Waals surface area contributed by atoms with E-state index in [4.69, 9.17) is 0 Å². The van der Waals surface area contributed by atoms with E-state index in [2.05, 4.69) is 15.3 Å². The zero-order valence-corrected chi connectivity index (χ0v) is 16.3. The highest BCUT2D eigenvalue weighted by Crippen LogP contribution is 3.02. The first kappa shape index (κ1) is 21.1. The van der Waals surface area contributed by atoms with E-state index in [-0.39, 0.29) is 23.1 Å². The minimum atomic E-state index is -9.76. The normalized spacial score (nSPS) is 17.8. The molecule has 0 unspecified atom stereocenters. The third-order valence-corrected chi connectivity index (χ3v) is 5.61. The van der Waals surface area contributed by atoms with Crippen molar-refractivity contribution in [3.05, 3.63) is 51.9 Å². The van der Waals surface area contributed by atoms with Crippen LogP contribution in [0.2, 0.25) is 0 Å². The fourth-order valence-corrected chi connectivity index (χ4v) is 3.47. The molecule has 29 heavy (non-hydrogen) atoms. The average Bonchev–Trinajstić information content (AvgIpc) is 3.42. The van der Waals surface area contributed by atoms with Gasteiger partial charge in [0.2, 0.25) is 5.95 Å². The van der Waals surface area contributed by atoms with E-state index >= 15 is 0 Å². The highest BCUT2D eigenvalue weighted by atomic mass is 32.5. The van der Waals surface area contributed by atoms with Gasteiger partial charge in [-0.2, -0.15) is 0 Å². The van der Waals surface area contributed by atoms with E-state index in [1.54, 1.807) is 14.1 Å². The smallest absolute Gasteiger partial charge is 0.310 e. The maximum Gasteiger partial charge on any atom is 0.310 e. The van der Waals surface area contributed by atoms with Crippen LogP contribution in [-0.2, 0) is 0 Å². The molecule has 3 rings (SSSR count). The number of amides is 1. The molecule has 1 atom stereocenters. The van der Waals surface area contributed by atoms with Gasteiger partial charge in [-0.15, -0.1) is 0 Å². The Morgan fingerprint density at radius 2 is 1.76 bits per heavy atom. The first-order valence-electron chi connectivity index (χ1n) is 8.58. The number of hydrogen-bond donors (Lipinski definition) is 2. The van der Waals surface area contributed by atoms with Crippen LogP contribution in [0, 0.1) is 5.92 Å². The Morgan fingerprint density at radius 1 is 1.17 bits per heavy atom. The number of aromatic nitrogens is 2. The molecule has 0 bridgehead atoms. The standard InChI is InChI=1S/C17H19F5N4O2S/c1-26(2)17-23-13(9-14(27)24-17)16(28)25-15(10-3-4-10)11-5-7-12(8-6-11)29(18,19,20,21)22/h5-10,15H,3-4H2,1-2H3,(H,25,28)(H,23,24,27)/t15-/m1/s1. The van der Waals surface area contributed by atoms with Crippen molar-refractivity contribution in [1.29, 1.82) is 0 Å². The monoisotopic (exact) mass is 438 g/mol. The van der Waals surface area contributed by atoms with Crippen molar-refractivity contribution < 1.29 is 24.2 Å². The zero-order valence-electron chi connectivity index (χ0n) is 15.5. The summed E-state index contributed by atoms with van der Waals surface area (Å²) in [6, 6.07) is 2.85. The van der Waals surface area contributed by atoms with Crippen molar-refractivity contribution in [3.63, 3.8) is 0 Å². The molecule has 1 aliphatic rings. The fraction of sp³-hybridized carbons (Fsp3) is 0.353. The molecular formula is C17H19F5N4O2S. The van der Waals surface area contributed by atoms with E-state index in [0.29, 0.717) is 12.1 Å². The van der Waals surface area contributed by atoms with Crippen LogP contribution in [0.1, 0.15) is 34.9 Å². The van der Waals surface area contributed by atoms with Gasteiger partial charge < -0.3 is 10.2 Å². The molecule has 2 aromatic rings. The van der Waals surface area contributed by atoms with Crippen molar-refractivity contribution in [2.45, 2.75) is 23.8 Å². The van der Waals surface area contributed by atoms with Crippen LogP contribution in [0.4, 0.5) is 25.4 Å².